The molecule has 0 aromatic heterocycles. The molecule has 1 aliphatic heterocycles. The maximum Gasteiger partial charge on any atom is 0.251 e. The Balaban J connectivity index is 1.54. The molecule has 3 rings (SSSR count). The van der Waals surface area contributed by atoms with Crippen molar-refractivity contribution in [2.24, 2.45) is 0 Å². The van der Waals surface area contributed by atoms with E-state index in [1.54, 1.807) is 36.4 Å². The summed E-state index contributed by atoms with van der Waals surface area (Å²) in [4.78, 5) is 12.4. The van der Waals surface area contributed by atoms with Crippen molar-refractivity contribution >= 4 is 15.9 Å². The summed E-state index contributed by atoms with van der Waals surface area (Å²) in [5.41, 5.74) is 2.71. The highest BCUT2D eigenvalue weighted by atomic mass is 32.2. The number of rotatable bonds is 6. The van der Waals surface area contributed by atoms with Crippen LogP contribution in [0, 0.1) is 6.92 Å². The molecule has 27 heavy (non-hydrogen) atoms. The number of benzene rings is 2. The molecular formula is C20H24N2O4S. The van der Waals surface area contributed by atoms with Crippen molar-refractivity contribution in [2.75, 3.05) is 32.8 Å². The highest BCUT2D eigenvalue weighted by Crippen LogP contribution is 2.17. The van der Waals surface area contributed by atoms with Gasteiger partial charge in [-0.3, -0.25) is 4.79 Å². The summed E-state index contributed by atoms with van der Waals surface area (Å²) in [6.45, 7) is 4.09. The highest BCUT2D eigenvalue weighted by Gasteiger charge is 2.25. The Morgan fingerprint density at radius 1 is 1.04 bits per heavy atom. The monoisotopic (exact) mass is 388 g/mol. The fourth-order valence-electron chi connectivity index (χ4n) is 2.89. The minimum Gasteiger partial charge on any atom is -0.379 e. The lowest BCUT2D eigenvalue weighted by Crippen LogP contribution is -2.40. The molecule has 2 aromatic rings. The van der Waals surface area contributed by atoms with Gasteiger partial charge in [0, 0.05) is 25.2 Å². The summed E-state index contributed by atoms with van der Waals surface area (Å²) in [5, 5.41) is 2.88. The molecule has 1 fully saturated rings. The van der Waals surface area contributed by atoms with Crippen molar-refractivity contribution in [3.63, 3.8) is 0 Å². The van der Waals surface area contributed by atoms with Crippen molar-refractivity contribution in [1.29, 1.82) is 0 Å². The van der Waals surface area contributed by atoms with Crippen LogP contribution in [-0.4, -0.2) is 51.5 Å². The van der Waals surface area contributed by atoms with E-state index in [0.29, 0.717) is 44.8 Å². The minimum atomic E-state index is -3.47. The zero-order chi connectivity index (χ0) is 19.3. The summed E-state index contributed by atoms with van der Waals surface area (Å²) in [7, 11) is -3.47. The van der Waals surface area contributed by atoms with Crippen molar-refractivity contribution < 1.29 is 17.9 Å². The van der Waals surface area contributed by atoms with Crippen molar-refractivity contribution in [3.05, 3.63) is 65.2 Å². The van der Waals surface area contributed by atoms with E-state index in [2.05, 4.69) is 5.32 Å². The Morgan fingerprint density at radius 2 is 1.67 bits per heavy atom. The second-order valence-corrected chi connectivity index (χ2v) is 8.47. The van der Waals surface area contributed by atoms with Gasteiger partial charge in [-0.15, -0.1) is 0 Å². The van der Waals surface area contributed by atoms with Crippen LogP contribution < -0.4 is 5.32 Å². The summed E-state index contributed by atoms with van der Waals surface area (Å²) >= 11 is 0. The van der Waals surface area contributed by atoms with Gasteiger partial charge in [0.15, 0.2) is 0 Å². The molecule has 2 aromatic carbocycles. The Bertz CT molecular complexity index is 871. The number of nitrogens with one attached hydrogen (secondary N) is 1. The third-order valence-corrected chi connectivity index (χ3v) is 6.46. The molecule has 0 unspecified atom stereocenters. The lowest BCUT2D eigenvalue weighted by molar-refractivity contribution is 0.0730. The van der Waals surface area contributed by atoms with E-state index in [1.165, 1.54) is 4.31 Å². The Labute approximate surface area is 160 Å². The molecule has 0 saturated carbocycles. The lowest BCUT2D eigenvalue weighted by atomic mass is 10.1. The van der Waals surface area contributed by atoms with Crippen LogP contribution in [0.1, 0.15) is 21.5 Å². The van der Waals surface area contributed by atoms with Crippen LogP contribution >= 0.6 is 0 Å². The molecule has 1 aliphatic rings. The largest absolute Gasteiger partial charge is 0.379 e. The maximum atomic E-state index is 12.6. The lowest BCUT2D eigenvalue weighted by Gasteiger charge is -2.26. The van der Waals surface area contributed by atoms with Gasteiger partial charge in [-0.05, 0) is 43.2 Å². The van der Waals surface area contributed by atoms with Gasteiger partial charge < -0.3 is 10.1 Å². The molecule has 7 heteroatoms. The summed E-state index contributed by atoms with van der Waals surface area (Å²) in [5.74, 6) is -0.110. The number of morpholine rings is 1. The van der Waals surface area contributed by atoms with Gasteiger partial charge in [0.25, 0.3) is 5.91 Å². The summed E-state index contributed by atoms with van der Waals surface area (Å²) < 4.78 is 31.9. The fraction of sp³-hybridized carbons (Fsp3) is 0.350. The van der Waals surface area contributed by atoms with E-state index < -0.39 is 10.0 Å². The standard InChI is InChI=1S/C20H24N2O4S/c1-16-2-6-18(7-3-16)20(23)21-11-10-17-4-8-19(9-5-17)27(24,25)22-12-14-26-15-13-22/h2-9H,10-15H2,1H3,(H,21,23). The predicted molar refractivity (Wildman–Crippen MR) is 103 cm³/mol. The molecule has 0 spiro atoms. The molecule has 0 aliphatic carbocycles. The smallest absolute Gasteiger partial charge is 0.251 e. The minimum absolute atomic E-state index is 0.110. The first kappa shape index (κ1) is 19.5. The number of amides is 1. The van der Waals surface area contributed by atoms with Gasteiger partial charge >= 0.3 is 0 Å². The number of ether oxygens (including phenoxy) is 1. The van der Waals surface area contributed by atoms with Gasteiger partial charge in [0.2, 0.25) is 10.0 Å². The van der Waals surface area contributed by atoms with Crippen molar-refractivity contribution in [1.82, 2.24) is 9.62 Å². The quantitative estimate of drug-likeness (QED) is 0.821. The van der Waals surface area contributed by atoms with Crippen LogP contribution in [0.3, 0.4) is 0 Å². The average molecular weight is 388 g/mol. The predicted octanol–water partition coefficient (Wildman–Crippen LogP) is 1.99. The summed E-state index contributed by atoms with van der Waals surface area (Å²) in [6.07, 6.45) is 0.634. The molecule has 1 amide bonds. The topological polar surface area (TPSA) is 75.7 Å². The first-order valence-corrected chi connectivity index (χ1v) is 10.4. The summed E-state index contributed by atoms with van der Waals surface area (Å²) in [6, 6.07) is 14.3. The van der Waals surface area contributed by atoms with Crippen LogP contribution in [-0.2, 0) is 21.2 Å². The first-order chi connectivity index (χ1) is 13.0. The number of sulfonamides is 1. The van der Waals surface area contributed by atoms with Crippen LogP contribution in [0.2, 0.25) is 0 Å². The van der Waals surface area contributed by atoms with Gasteiger partial charge in [-0.1, -0.05) is 29.8 Å². The molecular weight excluding hydrogens is 364 g/mol. The number of hydrogen-bond acceptors (Lipinski definition) is 4. The van der Waals surface area contributed by atoms with Gasteiger partial charge in [-0.25, -0.2) is 8.42 Å². The SMILES string of the molecule is Cc1ccc(C(=O)NCCc2ccc(S(=O)(=O)N3CCOCC3)cc2)cc1. The van der Waals surface area contributed by atoms with E-state index >= 15 is 0 Å². The third kappa shape index (κ3) is 4.94. The van der Waals surface area contributed by atoms with E-state index in [1.807, 2.05) is 19.1 Å². The van der Waals surface area contributed by atoms with E-state index in [9.17, 15) is 13.2 Å². The number of carbonyl (C=O) groups excluding carboxylic acids is 1. The van der Waals surface area contributed by atoms with Crippen molar-refractivity contribution in [2.45, 2.75) is 18.2 Å². The third-order valence-electron chi connectivity index (χ3n) is 4.54. The Morgan fingerprint density at radius 3 is 2.30 bits per heavy atom. The molecule has 0 atom stereocenters. The van der Waals surface area contributed by atoms with Crippen molar-refractivity contribution in [3.8, 4) is 0 Å². The fourth-order valence-corrected chi connectivity index (χ4v) is 4.30. The Kier molecular flexibility index (Phi) is 6.26. The highest BCUT2D eigenvalue weighted by molar-refractivity contribution is 7.89. The van der Waals surface area contributed by atoms with Crippen LogP contribution in [0.5, 0.6) is 0 Å². The molecule has 0 bridgehead atoms. The zero-order valence-corrected chi connectivity index (χ0v) is 16.2. The molecule has 1 saturated heterocycles. The second-order valence-electron chi connectivity index (χ2n) is 6.53. The molecule has 6 nitrogen and oxygen atoms in total. The Hall–Kier alpha value is -2.22. The average Bonchev–Trinajstić information content (AvgIpc) is 2.69. The number of aryl methyl sites for hydroxylation is 1. The van der Waals surface area contributed by atoms with E-state index in [-0.39, 0.29) is 10.8 Å². The van der Waals surface area contributed by atoms with Crippen LogP contribution in [0.15, 0.2) is 53.4 Å². The first-order valence-electron chi connectivity index (χ1n) is 8.98. The number of nitrogens with zero attached hydrogens (tertiary/aromatic N) is 1. The second kappa shape index (κ2) is 8.65. The van der Waals surface area contributed by atoms with Gasteiger partial charge in [0.1, 0.15) is 0 Å². The number of carbonyl (C=O) groups is 1. The molecule has 0 radical (unpaired) electrons. The normalized spacial score (nSPS) is 15.4. The van der Waals surface area contributed by atoms with Gasteiger partial charge in [-0.2, -0.15) is 4.31 Å². The van der Waals surface area contributed by atoms with Crippen LogP contribution in [0.4, 0.5) is 0 Å². The zero-order valence-electron chi connectivity index (χ0n) is 15.3. The van der Waals surface area contributed by atoms with Crippen LogP contribution in [0.25, 0.3) is 0 Å². The van der Waals surface area contributed by atoms with E-state index in [4.69, 9.17) is 4.74 Å². The van der Waals surface area contributed by atoms with Gasteiger partial charge in [0.05, 0.1) is 18.1 Å². The van der Waals surface area contributed by atoms with E-state index in [0.717, 1.165) is 11.1 Å². The molecule has 1 N–H and O–H groups in total. The molecule has 1 heterocycles. The maximum absolute atomic E-state index is 12.6. The number of hydrogen-bond donors (Lipinski definition) is 1. The molecule has 144 valence electrons.